The lowest BCUT2D eigenvalue weighted by Crippen LogP contribution is -2.27. The van der Waals surface area contributed by atoms with Gasteiger partial charge in [0.2, 0.25) is 0 Å². The topological polar surface area (TPSA) is 63.4 Å². The molecule has 116 valence electrons. The van der Waals surface area contributed by atoms with E-state index in [-0.39, 0.29) is 10.9 Å². The van der Waals surface area contributed by atoms with Crippen LogP contribution in [0.5, 0.6) is 0 Å². The fourth-order valence-electron chi connectivity index (χ4n) is 1.95. The summed E-state index contributed by atoms with van der Waals surface area (Å²) in [6.45, 7) is 0. The Labute approximate surface area is 149 Å². The zero-order valence-electron chi connectivity index (χ0n) is 11.3. The molecule has 1 saturated heterocycles. The molecule has 1 aromatic heterocycles. The number of halogens is 1. The highest BCUT2D eigenvalue weighted by Crippen LogP contribution is 2.38. The van der Waals surface area contributed by atoms with E-state index in [1.165, 1.54) is 11.0 Å². The Kier molecular flexibility index (Phi) is 4.49. The van der Waals surface area contributed by atoms with Gasteiger partial charge in [0.15, 0.2) is 4.32 Å². The van der Waals surface area contributed by atoms with Crippen LogP contribution in [-0.2, 0) is 4.79 Å². The summed E-state index contributed by atoms with van der Waals surface area (Å²) in [7, 11) is 0. The number of anilines is 1. The number of amides is 1. The summed E-state index contributed by atoms with van der Waals surface area (Å²) >= 11 is 13.4. The molecule has 0 bridgehead atoms. The van der Waals surface area contributed by atoms with Gasteiger partial charge < -0.3 is 0 Å². The standard InChI is InChI=1S/C14H7ClN2O3S3/c15-8-2-1-3-9(6-8)16-13(18)11(23-14(16)21)7-10-4-5-12(22-10)17(19)20/h1-7H. The number of hydrogen-bond donors (Lipinski definition) is 0. The van der Waals surface area contributed by atoms with Crippen molar-refractivity contribution in [3.8, 4) is 0 Å². The summed E-state index contributed by atoms with van der Waals surface area (Å²) in [5.74, 6) is -0.265. The number of carbonyl (C=O) groups excluding carboxylic acids is 1. The third-order valence-corrected chi connectivity index (χ3v) is 5.45. The van der Waals surface area contributed by atoms with Gasteiger partial charge in [-0.3, -0.25) is 19.8 Å². The Hall–Kier alpha value is -1.74. The van der Waals surface area contributed by atoms with Crippen LogP contribution < -0.4 is 4.90 Å². The van der Waals surface area contributed by atoms with Gasteiger partial charge in [0.05, 0.1) is 15.5 Å². The van der Waals surface area contributed by atoms with Crippen molar-refractivity contribution < 1.29 is 9.72 Å². The number of nitrogens with zero attached hydrogens (tertiary/aromatic N) is 2. The van der Waals surface area contributed by atoms with Crippen LogP contribution in [0.15, 0.2) is 41.3 Å². The maximum atomic E-state index is 12.5. The molecular formula is C14H7ClN2O3S3. The second-order valence-electron chi connectivity index (χ2n) is 4.43. The number of nitro groups is 1. The Balaban J connectivity index is 1.91. The Morgan fingerprint density at radius 2 is 2.09 bits per heavy atom. The lowest BCUT2D eigenvalue weighted by Gasteiger charge is -2.14. The predicted molar refractivity (Wildman–Crippen MR) is 98.1 cm³/mol. The van der Waals surface area contributed by atoms with Gasteiger partial charge in [-0.2, -0.15) is 0 Å². The highest BCUT2D eigenvalue weighted by atomic mass is 35.5. The normalized spacial score (nSPS) is 16.4. The third-order valence-electron chi connectivity index (χ3n) is 2.93. The van der Waals surface area contributed by atoms with Crippen molar-refractivity contribution in [2.24, 2.45) is 0 Å². The van der Waals surface area contributed by atoms with E-state index in [1.807, 2.05) is 0 Å². The van der Waals surface area contributed by atoms with E-state index in [0.29, 0.717) is 24.8 Å². The minimum atomic E-state index is -0.459. The first kappa shape index (κ1) is 16.1. The molecule has 9 heteroatoms. The summed E-state index contributed by atoms with van der Waals surface area (Å²) < 4.78 is 0.398. The first-order valence-electron chi connectivity index (χ1n) is 6.23. The van der Waals surface area contributed by atoms with Gasteiger partial charge in [-0.1, -0.05) is 53.0 Å². The second kappa shape index (κ2) is 6.40. The van der Waals surface area contributed by atoms with Crippen molar-refractivity contribution in [3.05, 3.63) is 61.3 Å². The van der Waals surface area contributed by atoms with Crippen LogP contribution in [0.1, 0.15) is 4.88 Å². The van der Waals surface area contributed by atoms with Crippen LogP contribution in [0.2, 0.25) is 5.02 Å². The van der Waals surface area contributed by atoms with Gasteiger partial charge >= 0.3 is 5.00 Å². The minimum Gasteiger partial charge on any atom is -0.268 e. The molecule has 0 spiro atoms. The van der Waals surface area contributed by atoms with Gasteiger partial charge in [0.1, 0.15) is 0 Å². The fraction of sp³-hybridized carbons (Fsp3) is 0. The van der Waals surface area contributed by atoms with E-state index >= 15 is 0 Å². The minimum absolute atomic E-state index is 0.0292. The van der Waals surface area contributed by atoms with E-state index in [0.717, 1.165) is 23.1 Å². The first-order valence-corrected chi connectivity index (χ1v) is 8.65. The zero-order chi connectivity index (χ0) is 16.6. The molecule has 0 radical (unpaired) electrons. The van der Waals surface area contributed by atoms with Crippen LogP contribution in [0.4, 0.5) is 10.7 Å². The quantitative estimate of drug-likeness (QED) is 0.333. The van der Waals surface area contributed by atoms with Gasteiger partial charge in [0, 0.05) is 16.0 Å². The maximum absolute atomic E-state index is 12.5. The molecule has 0 aliphatic carbocycles. The number of hydrogen-bond acceptors (Lipinski definition) is 6. The number of rotatable bonds is 3. The molecule has 5 nitrogen and oxygen atoms in total. The maximum Gasteiger partial charge on any atom is 0.324 e. The Morgan fingerprint density at radius 3 is 2.74 bits per heavy atom. The molecule has 2 heterocycles. The van der Waals surface area contributed by atoms with E-state index in [9.17, 15) is 14.9 Å². The molecule has 3 rings (SSSR count). The molecule has 1 aliphatic rings. The summed E-state index contributed by atoms with van der Waals surface area (Å²) in [6.07, 6.45) is 1.61. The van der Waals surface area contributed by atoms with Crippen molar-refractivity contribution in [1.29, 1.82) is 0 Å². The largest absolute Gasteiger partial charge is 0.324 e. The summed E-state index contributed by atoms with van der Waals surface area (Å²) in [4.78, 5) is 25.3. The van der Waals surface area contributed by atoms with Crippen molar-refractivity contribution in [3.63, 3.8) is 0 Å². The molecule has 0 N–H and O–H groups in total. The smallest absolute Gasteiger partial charge is 0.268 e. The summed E-state index contributed by atoms with van der Waals surface area (Å²) in [6, 6.07) is 9.87. The van der Waals surface area contributed by atoms with Crippen molar-refractivity contribution in [2.75, 3.05) is 4.90 Å². The Morgan fingerprint density at radius 1 is 1.30 bits per heavy atom. The Bertz CT molecular complexity index is 862. The number of thiocarbonyl (C=S) groups is 1. The molecule has 0 atom stereocenters. The fourth-order valence-corrected chi connectivity index (χ4v) is 4.27. The van der Waals surface area contributed by atoms with E-state index in [1.54, 1.807) is 36.4 Å². The summed E-state index contributed by atoms with van der Waals surface area (Å²) in [5.41, 5.74) is 0.598. The number of thiophene rings is 1. The van der Waals surface area contributed by atoms with Crippen LogP contribution >= 0.6 is 46.9 Å². The lowest BCUT2D eigenvalue weighted by molar-refractivity contribution is -0.380. The molecule has 0 saturated carbocycles. The molecule has 1 amide bonds. The van der Waals surface area contributed by atoms with E-state index in [4.69, 9.17) is 23.8 Å². The van der Waals surface area contributed by atoms with Gasteiger partial charge in [-0.15, -0.1) is 0 Å². The van der Waals surface area contributed by atoms with Gasteiger partial charge in [0.25, 0.3) is 5.91 Å². The van der Waals surface area contributed by atoms with Crippen molar-refractivity contribution in [1.82, 2.24) is 0 Å². The molecular weight excluding hydrogens is 376 g/mol. The van der Waals surface area contributed by atoms with Gasteiger partial charge in [-0.05, 0) is 30.3 Å². The number of benzene rings is 1. The number of thioether (sulfide) groups is 1. The van der Waals surface area contributed by atoms with Gasteiger partial charge in [-0.25, -0.2) is 0 Å². The van der Waals surface area contributed by atoms with Crippen LogP contribution in [-0.4, -0.2) is 15.2 Å². The van der Waals surface area contributed by atoms with Crippen molar-refractivity contribution >= 4 is 73.9 Å². The monoisotopic (exact) mass is 382 g/mol. The molecule has 23 heavy (non-hydrogen) atoms. The lowest BCUT2D eigenvalue weighted by atomic mass is 10.3. The molecule has 1 aromatic carbocycles. The molecule has 1 fully saturated rings. The average Bonchev–Trinajstić information content (AvgIpc) is 3.05. The van der Waals surface area contributed by atoms with E-state index in [2.05, 4.69) is 0 Å². The van der Waals surface area contributed by atoms with Crippen LogP contribution in [0.25, 0.3) is 6.08 Å². The van der Waals surface area contributed by atoms with Crippen LogP contribution in [0.3, 0.4) is 0 Å². The molecule has 0 unspecified atom stereocenters. The first-order chi connectivity index (χ1) is 11.0. The summed E-state index contributed by atoms with van der Waals surface area (Å²) in [5, 5.41) is 11.3. The SMILES string of the molecule is O=C1C(=Cc2ccc([N+](=O)[O-])s2)SC(=S)N1c1cccc(Cl)c1. The highest BCUT2D eigenvalue weighted by molar-refractivity contribution is 8.27. The third kappa shape index (κ3) is 3.30. The van der Waals surface area contributed by atoms with E-state index < -0.39 is 4.92 Å². The van der Waals surface area contributed by atoms with Crippen LogP contribution in [0, 0.1) is 10.1 Å². The highest BCUT2D eigenvalue weighted by Gasteiger charge is 2.33. The van der Waals surface area contributed by atoms with Crippen molar-refractivity contribution in [2.45, 2.75) is 0 Å². The second-order valence-corrected chi connectivity index (χ2v) is 7.64. The molecule has 2 aromatic rings. The number of carbonyl (C=O) groups is 1. The predicted octanol–water partition coefficient (Wildman–Crippen LogP) is 4.72. The zero-order valence-corrected chi connectivity index (χ0v) is 14.5. The molecule has 1 aliphatic heterocycles. The average molecular weight is 383 g/mol.